The zero-order valence-electron chi connectivity index (χ0n) is 16.1. The number of aromatic amines is 1. The lowest BCUT2D eigenvalue weighted by Crippen LogP contribution is -2.42. The third-order valence-electron chi connectivity index (χ3n) is 6.16. The second-order valence-corrected chi connectivity index (χ2v) is 8.69. The summed E-state index contributed by atoms with van der Waals surface area (Å²) >= 11 is 12.8. The standard InChI is InChI=1S/C19H18Cl2N6O4/c20-10-6-8(27-18(30)23-16(29)14(22)26-27)7-11(21)13(10)31-17-9-2-5-19(3-1-4-19)12(9)15(28)24-25-17/h6-7,15,24,28H,1-5H2,(H2,22,26)(H,23,29,30). The minimum Gasteiger partial charge on any atom is -0.434 e. The summed E-state index contributed by atoms with van der Waals surface area (Å²) in [6.45, 7) is 0. The first-order valence-corrected chi connectivity index (χ1v) is 10.5. The number of rotatable bonds is 2. The molecule has 31 heavy (non-hydrogen) atoms. The first kappa shape index (κ1) is 20.1. The summed E-state index contributed by atoms with van der Waals surface area (Å²) < 4.78 is 6.85. The molecule has 2 aliphatic carbocycles. The van der Waals surface area contributed by atoms with E-state index in [0.29, 0.717) is 5.90 Å². The average molecular weight is 465 g/mol. The van der Waals surface area contributed by atoms with Crippen LogP contribution >= 0.6 is 23.2 Å². The van der Waals surface area contributed by atoms with Crippen LogP contribution in [0.2, 0.25) is 10.0 Å². The molecule has 1 aliphatic heterocycles. The number of nitrogens with two attached hydrogens (primary N) is 1. The molecule has 5 rings (SSSR count). The Labute approximate surface area is 185 Å². The highest BCUT2D eigenvalue weighted by Gasteiger charge is 2.50. The molecule has 0 radical (unpaired) electrons. The predicted molar refractivity (Wildman–Crippen MR) is 115 cm³/mol. The molecule has 2 aromatic rings. The Hall–Kier alpha value is -2.82. The number of halogens is 2. The van der Waals surface area contributed by atoms with E-state index in [1.54, 1.807) is 0 Å². The van der Waals surface area contributed by atoms with Crippen molar-refractivity contribution in [3.05, 3.63) is 54.2 Å². The number of anilines is 1. The molecule has 1 spiro atoms. The van der Waals surface area contributed by atoms with Crippen LogP contribution < -0.4 is 27.1 Å². The number of hydrogen-bond acceptors (Lipinski definition) is 8. The number of aliphatic hydroxyl groups is 1. The Morgan fingerprint density at radius 3 is 2.58 bits per heavy atom. The lowest BCUT2D eigenvalue weighted by molar-refractivity contribution is 0.0989. The molecular weight excluding hydrogens is 447 g/mol. The predicted octanol–water partition coefficient (Wildman–Crippen LogP) is 1.68. The Balaban J connectivity index is 1.50. The van der Waals surface area contributed by atoms with Gasteiger partial charge in [-0.3, -0.25) is 15.2 Å². The Morgan fingerprint density at radius 2 is 1.94 bits per heavy atom. The van der Waals surface area contributed by atoms with Crippen molar-refractivity contribution in [1.82, 2.24) is 20.2 Å². The molecule has 1 fully saturated rings. The molecule has 1 atom stereocenters. The molecule has 2 heterocycles. The number of hydrazone groups is 1. The van der Waals surface area contributed by atoms with Gasteiger partial charge in [0.15, 0.2) is 12.0 Å². The zero-order chi connectivity index (χ0) is 21.9. The van der Waals surface area contributed by atoms with Crippen molar-refractivity contribution in [3.63, 3.8) is 0 Å². The van der Waals surface area contributed by atoms with Gasteiger partial charge in [-0.15, -0.1) is 10.2 Å². The summed E-state index contributed by atoms with van der Waals surface area (Å²) in [5, 5.41) is 18.6. The molecule has 0 saturated heterocycles. The van der Waals surface area contributed by atoms with E-state index < -0.39 is 17.5 Å². The molecule has 3 aliphatic rings. The highest BCUT2D eigenvalue weighted by atomic mass is 35.5. The van der Waals surface area contributed by atoms with Gasteiger partial charge in [-0.25, -0.2) is 4.79 Å². The van der Waals surface area contributed by atoms with Gasteiger partial charge in [0.1, 0.15) is 0 Å². The summed E-state index contributed by atoms with van der Waals surface area (Å²) in [6.07, 6.45) is 4.08. The summed E-state index contributed by atoms with van der Waals surface area (Å²) in [4.78, 5) is 25.6. The van der Waals surface area contributed by atoms with E-state index in [1.165, 1.54) is 12.1 Å². The smallest absolute Gasteiger partial charge is 0.349 e. The first-order chi connectivity index (χ1) is 14.8. The maximum Gasteiger partial charge on any atom is 0.349 e. The third kappa shape index (κ3) is 3.13. The van der Waals surface area contributed by atoms with Crippen LogP contribution in [0.4, 0.5) is 5.82 Å². The number of fused-ring (bicyclic) bond motifs is 1. The number of nitrogen functional groups attached to an aromatic ring is 1. The summed E-state index contributed by atoms with van der Waals surface area (Å²) in [6, 6.07) is 2.83. The minimum absolute atomic E-state index is 0.0146. The number of hydrogen-bond donors (Lipinski definition) is 4. The molecule has 12 heteroatoms. The Morgan fingerprint density at radius 1 is 1.23 bits per heavy atom. The monoisotopic (exact) mass is 464 g/mol. The van der Waals surface area contributed by atoms with Crippen molar-refractivity contribution in [2.24, 2.45) is 10.5 Å². The fraction of sp³-hybridized carbons (Fsp3) is 0.368. The van der Waals surface area contributed by atoms with E-state index in [1.807, 2.05) is 0 Å². The van der Waals surface area contributed by atoms with Crippen LogP contribution in [0.25, 0.3) is 5.69 Å². The number of H-pyrrole nitrogens is 1. The Kier molecular flexibility index (Phi) is 4.61. The van der Waals surface area contributed by atoms with Crippen LogP contribution in [0.1, 0.15) is 32.1 Å². The highest BCUT2D eigenvalue weighted by molar-refractivity contribution is 6.37. The molecule has 0 amide bonds. The number of benzene rings is 1. The first-order valence-electron chi connectivity index (χ1n) is 9.71. The summed E-state index contributed by atoms with van der Waals surface area (Å²) in [5.74, 6) is 0.0825. The normalized spacial score (nSPS) is 21.4. The molecule has 0 bridgehead atoms. The van der Waals surface area contributed by atoms with Crippen LogP contribution in [-0.4, -0.2) is 32.0 Å². The fourth-order valence-electron chi connectivity index (χ4n) is 4.54. The van der Waals surface area contributed by atoms with Crippen LogP contribution in [0, 0.1) is 5.41 Å². The molecule has 162 valence electrons. The van der Waals surface area contributed by atoms with Crippen LogP contribution in [0.5, 0.6) is 5.75 Å². The number of nitrogens with one attached hydrogen (secondary N) is 2. The third-order valence-corrected chi connectivity index (χ3v) is 6.72. The SMILES string of the molecule is Nc1nn(-c2cc(Cl)c(OC3=NNC(O)C4=C3CCC43CCC3)c(Cl)c2)c(=O)[nH]c1=O. The molecule has 5 N–H and O–H groups in total. The lowest BCUT2D eigenvalue weighted by Gasteiger charge is -2.43. The minimum atomic E-state index is -0.831. The second-order valence-electron chi connectivity index (χ2n) is 7.87. The van der Waals surface area contributed by atoms with Crippen molar-refractivity contribution in [2.45, 2.75) is 38.3 Å². The average Bonchev–Trinajstić information content (AvgIpc) is 3.11. The van der Waals surface area contributed by atoms with Gasteiger partial charge in [-0.2, -0.15) is 4.68 Å². The molecule has 1 unspecified atom stereocenters. The highest BCUT2D eigenvalue weighted by Crippen LogP contribution is 2.57. The van der Waals surface area contributed by atoms with Crippen LogP contribution in [0.3, 0.4) is 0 Å². The summed E-state index contributed by atoms with van der Waals surface area (Å²) in [7, 11) is 0. The summed E-state index contributed by atoms with van der Waals surface area (Å²) in [5.41, 5.74) is 8.66. The number of aliphatic hydroxyl groups excluding tert-OH is 1. The van der Waals surface area contributed by atoms with Gasteiger partial charge < -0.3 is 15.6 Å². The van der Waals surface area contributed by atoms with Crippen LogP contribution in [-0.2, 0) is 0 Å². The Bertz CT molecular complexity index is 1250. The topological polar surface area (TPSA) is 148 Å². The van der Waals surface area contributed by atoms with Gasteiger partial charge in [0.05, 0.1) is 15.7 Å². The van der Waals surface area contributed by atoms with E-state index >= 15 is 0 Å². The van der Waals surface area contributed by atoms with Crippen molar-refractivity contribution >= 4 is 34.9 Å². The van der Waals surface area contributed by atoms with E-state index in [9.17, 15) is 14.7 Å². The number of nitrogens with zero attached hydrogens (tertiary/aromatic N) is 3. The van der Waals surface area contributed by atoms with Crippen molar-refractivity contribution in [2.75, 3.05) is 5.73 Å². The van der Waals surface area contributed by atoms with E-state index in [-0.39, 0.29) is 32.7 Å². The maximum absolute atomic E-state index is 12.1. The molecule has 1 aromatic heterocycles. The van der Waals surface area contributed by atoms with Gasteiger partial charge in [-0.1, -0.05) is 29.6 Å². The van der Waals surface area contributed by atoms with Crippen LogP contribution in [0.15, 0.2) is 38.0 Å². The molecular formula is C19H18Cl2N6O4. The van der Waals surface area contributed by atoms with Gasteiger partial charge in [0.2, 0.25) is 11.7 Å². The maximum atomic E-state index is 12.1. The zero-order valence-corrected chi connectivity index (χ0v) is 17.6. The molecule has 1 saturated carbocycles. The second kappa shape index (κ2) is 7.11. The van der Waals surface area contributed by atoms with E-state index in [4.69, 9.17) is 33.7 Å². The molecule has 1 aromatic carbocycles. The molecule has 10 nitrogen and oxygen atoms in total. The van der Waals surface area contributed by atoms with Gasteiger partial charge in [0.25, 0.3) is 5.56 Å². The lowest BCUT2D eigenvalue weighted by atomic mass is 9.64. The van der Waals surface area contributed by atoms with Gasteiger partial charge in [-0.05, 0) is 48.8 Å². The fourth-order valence-corrected chi connectivity index (χ4v) is 5.09. The van der Waals surface area contributed by atoms with E-state index in [2.05, 4.69) is 20.6 Å². The van der Waals surface area contributed by atoms with Gasteiger partial charge in [0, 0.05) is 5.57 Å². The largest absolute Gasteiger partial charge is 0.434 e. The number of ether oxygens (including phenoxy) is 1. The van der Waals surface area contributed by atoms with Crippen molar-refractivity contribution in [1.29, 1.82) is 0 Å². The van der Waals surface area contributed by atoms with Crippen molar-refractivity contribution < 1.29 is 9.84 Å². The quantitative estimate of drug-likeness (QED) is 0.528. The number of aromatic nitrogens is 3. The van der Waals surface area contributed by atoms with Crippen molar-refractivity contribution in [3.8, 4) is 11.4 Å². The van der Waals surface area contributed by atoms with Gasteiger partial charge >= 0.3 is 5.69 Å². The van der Waals surface area contributed by atoms with E-state index in [0.717, 1.165) is 47.9 Å².